The number of esters is 1. The van der Waals surface area contributed by atoms with Crippen molar-refractivity contribution in [3.8, 4) is 17.6 Å². The third-order valence-electron chi connectivity index (χ3n) is 5.10. The predicted octanol–water partition coefficient (Wildman–Crippen LogP) is 5.46. The van der Waals surface area contributed by atoms with Crippen LogP contribution in [0.3, 0.4) is 0 Å². The first kappa shape index (κ1) is 27.0. The highest BCUT2D eigenvalue weighted by Crippen LogP contribution is 2.32. The fourth-order valence-electron chi connectivity index (χ4n) is 3.31. The molecule has 0 heterocycles. The van der Waals surface area contributed by atoms with Crippen molar-refractivity contribution in [3.05, 3.63) is 89.5 Å². The van der Waals surface area contributed by atoms with Gasteiger partial charge in [0, 0.05) is 30.3 Å². The number of carbonyl (C=O) groups is 1. The second-order valence-corrected chi connectivity index (χ2v) is 8.08. The lowest BCUT2D eigenvalue weighted by atomic mass is 10.1. The maximum atomic E-state index is 14.6. The third kappa shape index (κ3) is 8.85. The first-order valence-electron chi connectivity index (χ1n) is 11.5. The molecule has 0 aliphatic heterocycles. The fraction of sp³-hybridized carbons (Fsp3) is 0.214. The van der Waals surface area contributed by atoms with Crippen LogP contribution in [0.2, 0.25) is 0 Å². The molecule has 0 unspecified atom stereocenters. The lowest BCUT2D eigenvalue weighted by molar-refractivity contribution is -0.185. The van der Waals surface area contributed by atoms with Gasteiger partial charge in [0.05, 0.1) is 24.8 Å². The normalized spacial score (nSPS) is 11.2. The van der Waals surface area contributed by atoms with E-state index in [0.717, 1.165) is 5.56 Å². The fourth-order valence-corrected chi connectivity index (χ4v) is 3.31. The number of hydrogen-bond acceptors (Lipinski definition) is 7. The molecule has 0 saturated carbocycles. The zero-order valence-corrected chi connectivity index (χ0v) is 20.0. The van der Waals surface area contributed by atoms with Crippen molar-refractivity contribution in [2.45, 2.75) is 25.4 Å². The number of halogens is 2. The number of nitrogens with zero attached hydrogens (tertiary/aromatic N) is 1. The second kappa shape index (κ2) is 12.9. The Labute approximate surface area is 213 Å². The predicted molar refractivity (Wildman–Crippen MR) is 137 cm³/mol. The van der Waals surface area contributed by atoms with Crippen molar-refractivity contribution >= 4 is 23.4 Å². The van der Waals surface area contributed by atoms with Gasteiger partial charge in [-0.2, -0.15) is 14.0 Å². The van der Waals surface area contributed by atoms with Crippen LogP contribution in [0.25, 0.3) is 6.08 Å². The van der Waals surface area contributed by atoms with E-state index in [9.17, 15) is 13.6 Å². The van der Waals surface area contributed by atoms with E-state index < -0.39 is 12.1 Å². The van der Waals surface area contributed by atoms with Crippen LogP contribution in [0.4, 0.5) is 20.2 Å². The van der Waals surface area contributed by atoms with E-state index in [2.05, 4.69) is 0 Å². The van der Waals surface area contributed by atoms with Gasteiger partial charge in [0.2, 0.25) is 0 Å². The molecule has 0 bridgehead atoms. The van der Waals surface area contributed by atoms with Crippen LogP contribution < -0.4 is 20.9 Å². The van der Waals surface area contributed by atoms with Gasteiger partial charge in [-0.15, -0.1) is 0 Å². The summed E-state index contributed by atoms with van der Waals surface area (Å²) >= 11 is 0. The molecule has 3 rings (SSSR count). The number of alkyl halides is 2. The summed E-state index contributed by atoms with van der Waals surface area (Å²) in [5.41, 5.74) is 13.7. The Morgan fingerprint density at radius 1 is 0.946 bits per heavy atom. The average Bonchev–Trinajstić information content (AvgIpc) is 2.86. The quantitative estimate of drug-likeness (QED) is 0.144. The topological polar surface area (TPSA) is 121 Å². The van der Waals surface area contributed by atoms with Gasteiger partial charge in [0.15, 0.2) is 0 Å². The summed E-state index contributed by atoms with van der Waals surface area (Å²) in [7, 11) is 0. The van der Waals surface area contributed by atoms with E-state index in [1.807, 2.05) is 6.07 Å². The Kier molecular flexibility index (Phi) is 9.44. The minimum absolute atomic E-state index is 0.0389. The molecule has 9 heteroatoms. The Morgan fingerprint density at radius 3 is 2.24 bits per heavy atom. The monoisotopic (exact) mass is 507 g/mol. The van der Waals surface area contributed by atoms with Crippen LogP contribution >= 0.6 is 0 Å². The largest absolute Gasteiger partial charge is 0.494 e. The van der Waals surface area contributed by atoms with Crippen LogP contribution in [0.5, 0.6) is 11.5 Å². The van der Waals surface area contributed by atoms with E-state index in [-0.39, 0.29) is 17.9 Å². The number of nitrogens with two attached hydrogens (primary N) is 2. The maximum Gasteiger partial charge on any atom is 0.426 e. The van der Waals surface area contributed by atoms with E-state index in [0.29, 0.717) is 48.6 Å². The van der Waals surface area contributed by atoms with E-state index in [4.69, 9.17) is 30.9 Å². The van der Waals surface area contributed by atoms with Gasteiger partial charge in [-0.05, 0) is 78.2 Å². The highest BCUT2D eigenvalue weighted by atomic mass is 19.3. The summed E-state index contributed by atoms with van der Waals surface area (Å²) in [5.74, 6) is -0.147. The molecular weight excluding hydrogens is 480 g/mol. The summed E-state index contributed by atoms with van der Waals surface area (Å²) in [5, 5.41) is 8.52. The molecule has 37 heavy (non-hydrogen) atoms. The van der Waals surface area contributed by atoms with Gasteiger partial charge in [-0.1, -0.05) is 12.1 Å². The van der Waals surface area contributed by atoms with Crippen molar-refractivity contribution in [1.29, 1.82) is 5.26 Å². The standard InChI is InChI=1S/C28H27F2N3O4/c29-28(30,22-6-10-25(11-7-22)35-15-2-1-14-31)37-26-8-3-20(4-9-26)5-12-27(34)36-16-13-21-17-23(32)19-24(33)18-21/h3-12,17-19H,1-2,13,15-16,32-33H2/b12-5+. The van der Waals surface area contributed by atoms with Crippen molar-refractivity contribution < 1.29 is 27.8 Å². The second-order valence-electron chi connectivity index (χ2n) is 8.08. The Morgan fingerprint density at radius 2 is 1.59 bits per heavy atom. The van der Waals surface area contributed by atoms with Crippen molar-refractivity contribution in [2.24, 2.45) is 0 Å². The van der Waals surface area contributed by atoms with Crippen LogP contribution in [0.1, 0.15) is 29.5 Å². The zero-order chi connectivity index (χ0) is 26.7. The highest BCUT2D eigenvalue weighted by molar-refractivity contribution is 5.87. The summed E-state index contributed by atoms with van der Waals surface area (Å²) in [6.07, 6.45) is 0.593. The van der Waals surface area contributed by atoms with Crippen LogP contribution in [0.15, 0.2) is 72.8 Å². The Balaban J connectivity index is 1.48. The van der Waals surface area contributed by atoms with E-state index in [1.165, 1.54) is 48.6 Å². The van der Waals surface area contributed by atoms with E-state index >= 15 is 0 Å². The maximum absolute atomic E-state index is 14.6. The number of rotatable bonds is 12. The SMILES string of the molecule is N#CCCCOc1ccc(C(F)(F)Oc2ccc(/C=C/C(=O)OCCc3cc(N)cc(N)c3)cc2)cc1. The van der Waals surface area contributed by atoms with Crippen molar-refractivity contribution in [3.63, 3.8) is 0 Å². The molecule has 0 amide bonds. The summed E-state index contributed by atoms with van der Waals surface area (Å²) < 4.78 is 44.6. The minimum atomic E-state index is -3.56. The number of hydrogen-bond donors (Lipinski definition) is 2. The number of nitrogen functional groups attached to an aromatic ring is 2. The molecule has 4 N–H and O–H groups in total. The molecule has 0 spiro atoms. The van der Waals surface area contributed by atoms with Gasteiger partial charge < -0.3 is 25.7 Å². The van der Waals surface area contributed by atoms with Gasteiger partial charge >= 0.3 is 12.1 Å². The molecule has 0 saturated heterocycles. The molecular formula is C28H27F2N3O4. The number of nitriles is 1. The Hall–Kier alpha value is -4.58. The van der Waals surface area contributed by atoms with Gasteiger partial charge in [0.1, 0.15) is 11.5 Å². The van der Waals surface area contributed by atoms with E-state index in [1.54, 1.807) is 30.3 Å². The van der Waals surface area contributed by atoms with Gasteiger partial charge in [0.25, 0.3) is 0 Å². The first-order valence-corrected chi connectivity index (χ1v) is 11.5. The molecule has 7 nitrogen and oxygen atoms in total. The Bertz CT molecular complexity index is 1230. The average molecular weight is 508 g/mol. The number of anilines is 2. The molecule has 192 valence electrons. The summed E-state index contributed by atoms with van der Waals surface area (Å²) in [6.45, 7) is 0.485. The smallest absolute Gasteiger partial charge is 0.426 e. The molecule has 0 fully saturated rings. The molecule has 0 aliphatic rings. The molecule has 3 aromatic rings. The number of benzene rings is 3. The minimum Gasteiger partial charge on any atom is -0.494 e. The van der Waals surface area contributed by atoms with Crippen LogP contribution in [0, 0.1) is 11.3 Å². The summed E-state index contributed by atoms with van der Waals surface area (Å²) in [6, 6.07) is 18.3. The lowest BCUT2D eigenvalue weighted by Crippen LogP contribution is -2.21. The molecule has 0 aromatic heterocycles. The third-order valence-corrected chi connectivity index (χ3v) is 5.10. The van der Waals surface area contributed by atoms with Crippen LogP contribution in [-0.2, 0) is 22.1 Å². The number of carbonyl (C=O) groups excluding carboxylic acids is 1. The highest BCUT2D eigenvalue weighted by Gasteiger charge is 2.34. The molecule has 0 radical (unpaired) electrons. The van der Waals surface area contributed by atoms with Gasteiger partial charge in [-0.25, -0.2) is 4.79 Å². The van der Waals surface area contributed by atoms with Crippen molar-refractivity contribution in [2.75, 3.05) is 24.7 Å². The van der Waals surface area contributed by atoms with Gasteiger partial charge in [-0.3, -0.25) is 0 Å². The van der Waals surface area contributed by atoms with Crippen LogP contribution in [-0.4, -0.2) is 19.2 Å². The lowest BCUT2D eigenvalue weighted by Gasteiger charge is -2.18. The van der Waals surface area contributed by atoms with Crippen molar-refractivity contribution in [1.82, 2.24) is 0 Å². The first-order chi connectivity index (χ1) is 17.7. The number of unbranched alkanes of at least 4 members (excludes halogenated alkanes) is 1. The summed E-state index contributed by atoms with van der Waals surface area (Å²) in [4.78, 5) is 12.0. The number of ether oxygens (including phenoxy) is 3. The molecule has 0 atom stereocenters. The molecule has 0 aliphatic carbocycles. The zero-order valence-electron chi connectivity index (χ0n) is 20.0. The molecule has 3 aromatic carbocycles.